The van der Waals surface area contributed by atoms with Gasteiger partial charge in [-0.25, -0.2) is 0 Å². The zero-order chi connectivity index (χ0) is 12.8. The molecule has 1 saturated carbocycles. The van der Waals surface area contributed by atoms with Crippen LogP contribution in [0.25, 0.3) is 0 Å². The monoisotopic (exact) mass is 254 g/mol. The molecule has 2 aliphatic rings. The van der Waals surface area contributed by atoms with E-state index in [0.29, 0.717) is 19.0 Å². The van der Waals surface area contributed by atoms with Gasteiger partial charge in [-0.05, 0) is 37.6 Å². The van der Waals surface area contributed by atoms with E-state index in [2.05, 4.69) is 5.32 Å². The Morgan fingerprint density at radius 2 is 1.89 bits per heavy atom. The number of nitrogens with one attached hydrogen (secondary N) is 1. The smallest absolute Gasteiger partial charge is 0.220 e. The van der Waals surface area contributed by atoms with Crippen LogP contribution in [0, 0.1) is 5.41 Å². The molecule has 0 aromatic heterocycles. The van der Waals surface area contributed by atoms with E-state index in [4.69, 9.17) is 10.5 Å². The SMILES string of the molecule is NCC1(CC(=O)NC2CCOCC2)CCCCC1. The second kappa shape index (κ2) is 6.53. The van der Waals surface area contributed by atoms with Crippen molar-refractivity contribution in [2.75, 3.05) is 19.8 Å². The Morgan fingerprint density at radius 1 is 1.22 bits per heavy atom. The predicted molar refractivity (Wildman–Crippen MR) is 71.2 cm³/mol. The van der Waals surface area contributed by atoms with Crippen molar-refractivity contribution in [2.45, 2.75) is 57.4 Å². The van der Waals surface area contributed by atoms with Gasteiger partial charge in [-0.2, -0.15) is 0 Å². The van der Waals surface area contributed by atoms with E-state index < -0.39 is 0 Å². The van der Waals surface area contributed by atoms with E-state index >= 15 is 0 Å². The van der Waals surface area contributed by atoms with Crippen LogP contribution in [0.1, 0.15) is 51.4 Å². The number of amides is 1. The molecule has 2 rings (SSSR count). The molecule has 4 heteroatoms. The standard InChI is InChI=1S/C14H26N2O2/c15-11-14(6-2-1-3-7-14)10-13(17)16-12-4-8-18-9-5-12/h12H,1-11,15H2,(H,16,17). The summed E-state index contributed by atoms with van der Waals surface area (Å²) in [6.07, 6.45) is 8.48. The Balaban J connectivity index is 1.81. The molecule has 0 aromatic rings. The minimum absolute atomic E-state index is 0.0769. The van der Waals surface area contributed by atoms with Gasteiger partial charge in [0.15, 0.2) is 0 Å². The molecule has 104 valence electrons. The zero-order valence-corrected chi connectivity index (χ0v) is 11.2. The zero-order valence-electron chi connectivity index (χ0n) is 11.2. The number of rotatable bonds is 4. The summed E-state index contributed by atoms with van der Waals surface area (Å²) >= 11 is 0. The van der Waals surface area contributed by atoms with E-state index in [1.807, 2.05) is 0 Å². The van der Waals surface area contributed by atoms with Crippen LogP contribution < -0.4 is 11.1 Å². The first-order valence-corrected chi connectivity index (χ1v) is 7.31. The minimum atomic E-state index is 0.0769. The second-order valence-electron chi connectivity index (χ2n) is 5.90. The molecule has 18 heavy (non-hydrogen) atoms. The predicted octanol–water partition coefficient (Wildman–Crippen LogP) is 1.58. The van der Waals surface area contributed by atoms with Gasteiger partial charge >= 0.3 is 0 Å². The highest BCUT2D eigenvalue weighted by molar-refractivity contribution is 5.77. The molecule has 0 radical (unpaired) electrons. The fraction of sp³-hybridized carbons (Fsp3) is 0.929. The Hall–Kier alpha value is -0.610. The van der Waals surface area contributed by atoms with E-state index in [1.54, 1.807) is 0 Å². The topological polar surface area (TPSA) is 64.4 Å². The average Bonchev–Trinajstić information content (AvgIpc) is 2.41. The molecule has 3 N–H and O–H groups in total. The molecule has 0 unspecified atom stereocenters. The highest BCUT2D eigenvalue weighted by atomic mass is 16.5. The van der Waals surface area contributed by atoms with Crippen LogP contribution in [0.15, 0.2) is 0 Å². The summed E-state index contributed by atoms with van der Waals surface area (Å²) in [5.41, 5.74) is 6.00. The first-order valence-electron chi connectivity index (χ1n) is 7.31. The first kappa shape index (κ1) is 13.8. The van der Waals surface area contributed by atoms with Crippen LogP contribution in [-0.4, -0.2) is 31.7 Å². The highest BCUT2D eigenvalue weighted by Crippen LogP contribution is 2.38. The lowest BCUT2D eigenvalue weighted by Crippen LogP contribution is -2.43. The largest absolute Gasteiger partial charge is 0.381 e. The molecule has 4 nitrogen and oxygen atoms in total. The third-order valence-corrected chi connectivity index (χ3v) is 4.47. The number of ether oxygens (including phenoxy) is 1. The third kappa shape index (κ3) is 3.69. The Bertz CT molecular complexity index is 269. The van der Waals surface area contributed by atoms with Gasteiger partial charge in [0, 0.05) is 25.7 Å². The Kier molecular flexibility index (Phi) is 5.01. The highest BCUT2D eigenvalue weighted by Gasteiger charge is 2.33. The summed E-state index contributed by atoms with van der Waals surface area (Å²) in [6, 6.07) is 0.310. The first-order chi connectivity index (χ1) is 8.74. The summed E-state index contributed by atoms with van der Waals surface area (Å²) in [5.74, 6) is 0.189. The van der Waals surface area contributed by atoms with Crippen molar-refractivity contribution in [1.82, 2.24) is 5.32 Å². The molecule has 1 saturated heterocycles. The van der Waals surface area contributed by atoms with Crippen molar-refractivity contribution in [1.29, 1.82) is 0 Å². The Morgan fingerprint density at radius 3 is 2.50 bits per heavy atom. The van der Waals surface area contributed by atoms with Crippen molar-refractivity contribution in [3.63, 3.8) is 0 Å². The minimum Gasteiger partial charge on any atom is -0.381 e. The molecule has 1 aliphatic heterocycles. The molecular formula is C14H26N2O2. The van der Waals surface area contributed by atoms with Gasteiger partial charge in [0.25, 0.3) is 0 Å². The molecule has 0 aromatic carbocycles. The molecule has 1 heterocycles. The third-order valence-electron chi connectivity index (χ3n) is 4.47. The van der Waals surface area contributed by atoms with E-state index in [0.717, 1.165) is 38.9 Å². The summed E-state index contributed by atoms with van der Waals surface area (Å²) in [7, 11) is 0. The second-order valence-corrected chi connectivity index (χ2v) is 5.90. The average molecular weight is 254 g/mol. The molecule has 1 amide bonds. The summed E-state index contributed by atoms with van der Waals surface area (Å²) in [4.78, 5) is 12.1. The maximum Gasteiger partial charge on any atom is 0.220 e. The van der Waals surface area contributed by atoms with Crippen molar-refractivity contribution in [3.8, 4) is 0 Å². The van der Waals surface area contributed by atoms with Crippen molar-refractivity contribution < 1.29 is 9.53 Å². The normalized spacial score (nSPS) is 24.7. The molecule has 1 aliphatic carbocycles. The van der Waals surface area contributed by atoms with E-state index in [1.165, 1.54) is 19.3 Å². The summed E-state index contributed by atoms with van der Waals surface area (Å²) in [6.45, 7) is 2.19. The van der Waals surface area contributed by atoms with Crippen LogP contribution in [0.4, 0.5) is 0 Å². The van der Waals surface area contributed by atoms with Crippen LogP contribution in [0.3, 0.4) is 0 Å². The van der Waals surface area contributed by atoms with Crippen LogP contribution in [0.2, 0.25) is 0 Å². The lowest BCUT2D eigenvalue weighted by molar-refractivity contribution is -0.125. The molecular weight excluding hydrogens is 228 g/mol. The Labute approximate surface area is 110 Å². The molecule has 0 bridgehead atoms. The number of carbonyl (C=O) groups excluding carboxylic acids is 1. The maximum absolute atomic E-state index is 12.1. The van der Waals surface area contributed by atoms with E-state index in [9.17, 15) is 4.79 Å². The molecule has 0 atom stereocenters. The molecule has 0 spiro atoms. The fourth-order valence-corrected chi connectivity index (χ4v) is 3.22. The number of hydrogen-bond acceptors (Lipinski definition) is 3. The number of carbonyl (C=O) groups is 1. The van der Waals surface area contributed by atoms with Gasteiger partial charge in [0.05, 0.1) is 0 Å². The quantitative estimate of drug-likeness (QED) is 0.800. The van der Waals surface area contributed by atoms with Gasteiger partial charge in [0.1, 0.15) is 0 Å². The summed E-state index contributed by atoms with van der Waals surface area (Å²) in [5, 5.41) is 3.15. The lowest BCUT2D eigenvalue weighted by atomic mass is 9.71. The van der Waals surface area contributed by atoms with Crippen LogP contribution in [0.5, 0.6) is 0 Å². The van der Waals surface area contributed by atoms with Gasteiger partial charge in [-0.3, -0.25) is 4.79 Å². The van der Waals surface area contributed by atoms with Gasteiger partial charge in [0.2, 0.25) is 5.91 Å². The number of hydrogen-bond donors (Lipinski definition) is 2. The van der Waals surface area contributed by atoms with E-state index in [-0.39, 0.29) is 11.3 Å². The summed E-state index contributed by atoms with van der Waals surface area (Å²) < 4.78 is 5.30. The molecule has 2 fully saturated rings. The number of nitrogens with two attached hydrogens (primary N) is 1. The van der Waals surface area contributed by atoms with Crippen molar-refractivity contribution in [2.24, 2.45) is 11.1 Å². The lowest BCUT2D eigenvalue weighted by Gasteiger charge is -2.36. The van der Waals surface area contributed by atoms with Crippen molar-refractivity contribution >= 4 is 5.91 Å². The maximum atomic E-state index is 12.1. The van der Waals surface area contributed by atoms with Gasteiger partial charge in [-0.1, -0.05) is 19.3 Å². The van der Waals surface area contributed by atoms with Crippen molar-refractivity contribution in [3.05, 3.63) is 0 Å². The fourth-order valence-electron chi connectivity index (χ4n) is 3.22. The van der Waals surface area contributed by atoms with Crippen LogP contribution in [-0.2, 0) is 9.53 Å². The van der Waals surface area contributed by atoms with Gasteiger partial charge in [-0.15, -0.1) is 0 Å². The van der Waals surface area contributed by atoms with Crippen LogP contribution >= 0.6 is 0 Å². The van der Waals surface area contributed by atoms with Gasteiger partial charge < -0.3 is 15.8 Å².